The number of anilines is 2. The molecule has 6 heteroatoms. The van der Waals surface area contributed by atoms with Gasteiger partial charge in [-0.1, -0.05) is 12.1 Å². The first kappa shape index (κ1) is 14.7. The number of benzene rings is 1. The molecule has 0 spiro atoms. The molecule has 0 amide bonds. The van der Waals surface area contributed by atoms with Gasteiger partial charge in [-0.15, -0.1) is 0 Å². The molecule has 0 aliphatic heterocycles. The van der Waals surface area contributed by atoms with Crippen molar-refractivity contribution in [3.8, 4) is 0 Å². The zero-order chi connectivity index (χ0) is 14.5. The minimum Gasteiger partial charge on any atom is -0.354 e. The highest BCUT2D eigenvalue weighted by molar-refractivity contribution is 9.10. The monoisotopic (exact) mass is 338 g/mol. The average Bonchev–Trinajstić information content (AvgIpc) is 2.41. The summed E-state index contributed by atoms with van der Waals surface area (Å²) in [6, 6.07) is 6.56. The molecule has 0 radical (unpaired) electrons. The van der Waals surface area contributed by atoms with Crippen LogP contribution in [0, 0.1) is 5.82 Å². The van der Waals surface area contributed by atoms with Crippen molar-refractivity contribution in [3.63, 3.8) is 0 Å². The number of halogens is 2. The topological polar surface area (TPSA) is 41.1 Å². The normalized spacial score (nSPS) is 10.4. The van der Waals surface area contributed by atoms with Gasteiger partial charge in [0.15, 0.2) is 0 Å². The molecule has 0 aliphatic carbocycles. The van der Waals surface area contributed by atoms with E-state index >= 15 is 0 Å². The first-order chi connectivity index (χ1) is 9.60. The number of nitrogens with zero attached hydrogens (tertiary/aromatic N) is 3. The third-order valence-corrected chi connectivity index (χ3v) is 3.29. The van der Waals surface area contributed by atoms with Gasteiger partial charge in [0.25, 0.3) is 0 Å². The Kier molecular flexibility index (Phi) is 4.89. The molecule has 1 aromatic heterocycles. The molecule has 0 fully saturated rings. The molecule has 0 bridgehead atoms. The van der Waals surface area contributed by atoms with E-state index in [1.807, 2.05) is 24.9 Å². The molecule has 0 saturated heterocycles. The van der Waals surface area contributed by atoms with E-state index in [1.54, 1.807) is 12.3 Å². The Morgan fingerprint density at radius 3 is 2.90 bits per heavy atom. The van der Waals surface area contributed by atoms with Crippen LogP contribution in [0.5, 0.6) is 0 Å². The standard InChI is InChI=1S/C14H16BrFN4/c1-3-17-14-18-8-12(15)13(19-14)20(2)9-10-5-4-6-11(16)7-10/h4-8H,3,9H2,1-2H3,(H,17,18,19). The van der Waals surface area contributed by atoms with Crippen LogP contribution in [0.1, 0.15) is 12.5 Å². The van der Waals surface area contributed by atoms with E-state index in [1.165, 1.54) is 12.1 Å². The predicted octanol–water partition coefficient (Wildman–Crippen LogP) is 3.45. The summed E-state index contributed by atoms with van der Waals surface area (Å²) in [6.45, 7) is 3.31. The highest BCUT2D eigenvalue weighted by atomic mass is 79.9. The van der Waals surface area contributed by atoms with Gasteiger partial charge in [0.1, 0.15) is 11.6 Å². The van der Waals surface area contributed by atoms with Gasteiger partial charge in [0, 0.05) is 26.3 Å². The molecule has 1 N–H and O–H groups in total. The molecular weight excluding hydrogens is 323 g/mol. The first-order valence-electron chi connectivity index (χ1n) is 6.32. The van der Waals surface area contributed by atoms with Crippen LogP contribution < -0.4 is 10.2 Å². The van der Waals surface area contributed by atoms with Crippen molar-refractivity contribution in [1.82, 2.24) is 9.97 Å². The summed E-state index contributed by atoms with van der Waals surface area (Å²) in [5.74, 6) is 1.11. The molecule has 0 saturated carbocycles. The van der Waals surface area contributed by atoms with Crippen molar-refractivity contribution in [3.05, 3.63) is 46.3 Å². The summed E-state index contributed by atoms with van der Waals surface area (Å²) in [7, 11) is 1.91. The second-order valence-electron chi connectivity index (χ2n) is 4.38. The summed E-state index contributed by atoms with van der Waals surface area (Å²) in [4.78, 5) is 10.6. The van der Waals surface area contributed by atoms with E-state index in [0.29, 0.717) is 12.5 Å². The molecule has 0 unspecified atom stereocenters. The summed E-state index contributed by atoms with van der Waals surface area (Å²) >= 11 is 3.44. The summed E-state index contributed by atoms with van der Waals surface area (Å²) in [5, 5.41) is 3.07. The van der Waals surface area contributed by atoms with Gasteiger partial charge in [-0.3, -0.25) is 0 Å². The summed E-state index contributed by atoms with van der Waals surface area (Å²) in [6.07, 6.45) is 1.71. The molecule has 0 aliphatic rings. The van der Waals surface area contributed by atoms with Crippen molar-refractivity contribution in [2.24, 2.45) is 0 Å². The highest BCUT2D eigenvalue weighted by Gasteiger charge is 2.10. The summed E-state index contributed by atoms with van der Waals surface area (Å²) in [5.41, 5.74) is 0.892. The van der Waals surface area contributed by atoms with Gasteiger partial charge in [-0.2, -0.15) is 4.98 Å². The van der Waals surface area contributed by atoms with Crippen molar-refractivity contribution in [2.45, 2.75) is 13.5 Å². The molecule has 2 aromatic rings. The maximum Gasteiger partial charge on any atom is 0.224 e. The van der Waals surface area contributed by atoms with Gasteiger partial charge in [-0.05, 0) is 40.5 Å². The Morgan fingerprint density at radius 1 is 1.40 bits per heavy atom. The zero-order valence-electron chi connectivity index (χ0n) is 11.4. The number of aromatic nitrogens is 2. The van der Waals surface area contributed by atoms with E-state index in [4.69, 9.17) is 0 Å². The van der Waals surface area contributed by atoms with Crippen LogP contribution in [-0.4, -0.2) is 23.6 Å². The predicted molar refractivity (Wildman–Crippen MR) is 82.4 cm³/mol. The number of hydrogen-bond acceptors (Lipinski definition) is 4. The van der Waals surface area contributed by atoms with Crippen LogP contribution in [0.15, 0.2) is 34.9 Å². The second-order valence-corrected chi connectivity index (χ2v) is 5.24. The fourth-order valence-electron chi connectivity index (χ4n) is 1.85. The van der Waals surface area contributed by atoms with E-state index in [0.717, 1.165) is 22.4 Å². The van der Waals surface area contributed by atoms with Gasteiger partial charge in [-0.25, -0.2) is 9.37 Å². The molecule has 1 aromatic carbocycles. The van der Waals surface area contributed by atoms with Crippen LogP contribution in [0.3, 0.4) is 0 Å². The van der Waals surface area contributed by atoms with Gasteiger partial charge in [0.05, 0.1) is 4.47 Å². The van der Waals surface area contributed by atoms with Crippen molar-refractivity contribution in [1.29, 1.82) is 0 Å². The molecule has 1 heterocycles. The lowest BCUT2D eigenvalue weighted by Crippen LogP contribution is -2.19. The maximum absolute atomic E-state index is 13.2. The maximum atomic E-state index is 13.2. The van der Waals surface area contributed by atoms with Crippen LogP contribution in [-0.2, 0) is 6.54 Å². The smallest absolute Gasteiger partial charge is 0.224 e. The van der Waals surface area contributed by atoms with Crippen LogP contribution in [0.4, 0.5) is 16.2 Å². The fourth-order valence-corrected chi connectivity index (χ4v) is 2.35. The lowest BCUT2D eigenvalue weighted by Gasteiger charge is -2.20. The Bertz CT molecular complexity index is 591. The second kappa shape index (κ2) is 6.65. The summed E-state index contributed by atoms with van der Waals surface area (Å²) < 4.78 is 14.0. The zero-order valence-corrected chi connectivity index (χ0v) is 13.0. The lowest BCUT2D eigenvalue weighted by molar-refractivity contribution is 0.625. The average molecular weight is 339 g/mol. The SMILES string of the molecule is CCNc1ncc(Br)c(N(C)Cc2cccc(F)c2)n1. The minimum atomic E-state index is -0.231. The fraction of sp³-hybridized carbons (Fsp3) is 0.286. The van der Waals surface area contributed by atoms with E-state index < -0.39 is 0 Å². The third-order valence-electron chi connectivity index (χ3n) is 2.73. The molecule has 4 nitrogen and oxygen atoms in total. The van der Waals surface area contributed by atoms with Crippen molar-refractivity contribution < 1.29 is 4.39 Å². The van der Waals surface area contributed by atoms with Crippen molar-refractivity contribution >= 4 is 27.7 Å². The van der Waals surface area contributed by atoms with Crippen LogP contribution >= 0.6 is 15.9 Å². The molecule has 20 heavy (non-hydrogen) atoms. The molecular formula is C14H16BrFN4. The van der Waals surface area contributed by atoms with Crippen molar-refractivity contribution in [2.75, 3.05) is 23.8 Å². The minimum absolute atomic E-state index is 0.231. The molecule has 0 atom stereocenters. The number of rotatable bonds is 5. The number of nitrogens with one attached hydrogen (secondary N) is 1. The molecule has 106 valence electrons. The van der Waals surface area contributed by atoms with E-state index in [9.17, 15) is 4.39 Å². The largest absolute Gasteiger partial charge is 0.354 e. The first-order valence-corrected chi connectivity index (χ1v) is 7.11. The van der Waals surface area contributed by atoms with E-state index in [2.05, 4.69) is 31.2 Å². The quantitative estimate of drug-likeness (QED) is 0.906. The lowest BCUT2D eigenvalue weighted by atomic mass is 10.2. The highest BCUT2D eigenvalue weighted by Crippen LogP contribution is 2.24. The third kappa shape index (κ3) is 3.66. The Hall–Kier alpha value is -1.69. The molecule has 2 rings (SSSR count). The van der Waals surface area contributed by atoms with Gasteiger partial charge >= 0.3 is 0 Å². The van der Waals surface area contributed by atoms with E-state index in [-0.39, 0.29) is 5.82 Å². The Labute approximate surface area is 126 Å². The van der Waals surface area contributed by atoms with Crippen LogP contribution in [0.25, 0.3) is 0 Å². The van der Waals surface area contributed by atoms with Gasteiger partial charge < -0.3 is 10.2 Å². The Balaban J connectivity index is 2.19. The van der Waals surface area contributed by atoms with Crippen LogP contribution in [0.2, 0.25) is 0 Å². The van der Waals surface area contributed by atoms with Gasteiger partial charge in [0.2, 0.25) is 5.95 Å². The Morgan fingerprint density at radius 2 is 2.20 bits per heavy atom. The number of hydrogen-bond donors (Lipinski definition) is 1.